The molecule has 21 aliphatic heterocycles. The Morgan fingerprint density at radius 1 is 0.156 bits per heavy atom. The summed E-state index contributed by atoms with van der Waals surface area (Å²) in [6, 6.07) is 0. The molecule has 448 valence electrons. The SMILES string of the molecule is OCC1OC2OC3C(CO)OC(OC4C(CO)OC(OC5C(O)C(O)C(OC6C(CO)OC(OC7C(CO)OC(OC8C(CO)OC(OC1C(O)C2O)C(O)C8O)C(O)C7O)C(O)C6O)O[C@H]5CO)C(O)C4O)C(O)C3O. The summed E-state index contributed by atoms with van der Waals surface area (Å²) >= 11 is 0. The van der Waals surface area contributed by atoms with E-state index in [0.717, 1.165) is 0 Å². The van der Waals surface area contributed by atoms with Crippen LogP contribution in [0.5, 0.6) is 0 Å². The van der Waals surface area contributed by atoms with Crippen molar-refractivity contribution in [3.63, 3.8) is 0 Å². The number of aliphatic hydroxyl groups excluding tert-OH is 21. The molecule has 21 rings (SSSR count). The quantitative estimate of drug-likeness (QED) is 0.113. The highest BCUT2D eigenvalue weighted by molar-refractivity contribution is 5.01. The van der Waals surface area contributed by atoms with E-state index >= 15 is 0 Å². The van der Waals surface area contributed by atoms with Gasteiger partial charge in [0.25, 0.3) is 0 Å². The van der Waals surface area contributed by atoms with Crippen LogP contribution >= 0.6 is 0 Å². The molecule has 34 unspecified atom stereocenters. The fourth-order valence-corrected chi connectivity index (χ4v) is 10.4. The van der Waals surface area contributed by atoms with Crippen molar-refractivity contribution in [2.75, 3.05) is 46.2 Å². The van der Waals surface area contributed by atoms with Gasteiger partial charge < -0.3 is 174 Å². The van der Waals surface area contributed by atoms with Gasteiger partial charge in [0.1, 0.15) is 171 Å². The van der Waals surface area contributed by atoms with Crippen LogP contribution in [0.2, 0.25) is 0 Å². The van der Waals surface area contributed by atoms with Crippen molar-refractivity contribution in [1.29, 1.82) is 0 Å². The van der Waals surface area contributed by atoms with Gasteiger partial charge in [-0.25, -0.2) is 0 Å². The zero-order valence-electron chi connectivity index (χ0n) is 40.3. The lowest BCUT2D eigenvalue weighted by Crippen LogP contribution is -2.68. The van der Waals surface area contributed by atoms with Crippen molar-refractivity contribution in [3.05, 3.63) is 0 Å². The first-order valence-corrected chi connectivity index (χ1v) is 24.6. The Morgan fingerprint density at radius 2 is 0.260 bits per heavy atom. The van der Waals surface area contributed by atoms with Gasteiger partial charge in [0, 0.05) is 0 Å². The van der Waals surface area contributed by atoms with E-state index in [9.17, 15) is 107 Å². The lowest BCUT2D eigenvalue weighted by atomic mass is 9.95. The topological polar surface area (TPSA) is 554 Å². The van der Waals surface area contributed by atoms with E-state index in [1.807, 2.05) is 0 Å². The lowest BCUT2D eigenvalue weighted by Gasteiger charge is -2.50. The highest BCUT2D eigenvalue weighted by Crippen LogP contribution is 2.39. The first-order valence-electron chi connectivity index (χ1n) is 24.6. The van der Waals surface area contributed by atoms with Crippen LogP contribution in [0.15, 0.2) is 0 Å². The van der Waals surface area contributed by atoms with Crippen LogP contribution in [-0.2, 0) is 66.3 Å². The van der Waals surface area contributed by atoms with Gasteiger partial charge >= 0.3 is 0 Å². The van der Waals surface area contributed by atoms with Gasteiger partial charge in [-0.3, -0.25) is 0 Å². The van der Waals surface area contributed by atoms with E-state index in [-0.39, 0.29) is 0 Å². The number of hydrogen-bond donors (Lipinski definition) is 21. The minimum atomic E-state index is -2.21. The second-order valence-electron chi connectivity index (χ2n) is 19.7. The molecule has 35 atom stereocenters. The summed E-state index contributed by atoms with van der Waals surface area (Å²) < 4.78 is 79.5. The molecule has 0 radical (unpaired) electrons. The van der Waals surface area contributed by atoms with Crippen molar-refractivity contribution in [3.8, 4) is 0 Å². The largest absolute Gasteiger partial charge is 0.394 e. The third kappa shape index (κ3) is 12.1. The van der Waals surface area contributed by atoms with Gasteiger partial charge in [-0.05, 0) is 0 Å². The molecule has 0 aromatic rings. The Hall–Kier alpha value is -1.40. The number of ether oxygens (including phenoxy) is 14. The monoisotopic (exact) mass is 1130 g/mol. The molecule has 21 N–H and O–H groups in total. The molecule has 77 heavy (non-hydrogen) atoms. The minimum Gasteiger partial charge on any atom is -0.394 e. The van der Waals surface area contributed by atoms with E-state index < -0.39 is 261 Å². The molecule has 35 heteroatoms. The Bertz CT molecular complexity index is 1470. The van der Waals surface area contributed by atoms with Gasteiger partial charge in [0.05, 0.1) is 46.2 Å². The molecule has 14 bridgehead atoms. The van der Waals surface area contributed by atoms with Gasteiger partial charge in [-0.1, -0.05) is 0 Å². The van der Waals surface area contributed by atoms with Crippen LogP contribution in [0.25, 0.3) is 0 Å². The normalized spacial score (nSPS) is 55.4. The van der Waals surface area contributed by atoms with Crippen molar-refractivity contribution in [1.82, 2.24) is 0 Å². The van der Waals surface area contributed by atoms with Crippen LogP contribution in [-0.4, -0.2) is 368 Å². The maximum Gasteiger partial charge on any atom is 0.187 e. The summed E-state index contributed by atoms with van der Waals surface area (Å²) in [6.45, 7) is -7.33. The second kappa shape index (κ2) is 26.0. The molecule has 21 heterocycles. The molecule has 0 aromatic carbocycles. The zero-order chi connectivity index (χ0) is 56.1. The fourth-order valence-electron chi connectivity index (χ4n) is 10.4. The lowest BCUT2D eigenvalue weighted by molar-refractivity contribution is -0.396. The number of aliphatic hydroxyl groups is 21. The standard InChI is InChI=1S/C42H70O35/c43-1-8-29-15(50)22(57)36(64-8)72-30-9(2-44)66-38(24(59)17(30)52)74-32-11(4-46)68-40(26(61)19(32)54)76-34-13(6-48)70-42(28(63)21(34)56)77-35-14(7-49)69-41(27(62)20(35)55)75-33-12(5-47)67-39(25(60)18(33)53)73-31-10(3-45)65-37(71-29)23(58)16(31)51/h8-63H,1-7H2/t8-,9?,10?,11?,12?,13?,14?,15?,16?,17?,18?,19?,20?,21?,22?,23?,24?,25?,26?,27?,28?,29?,30?,31?,32?,33?,34?,35?,36?,37?,38?,39?,40?,41?,42?/m0/s1. The summed E-state index contributed by atoms with van der Waals surface area (Å²) in [6.07, 6.45) is -70.2. The maximum absolute atomic E-state index is 11.3. The molecule has 0 saturated carbocycles. The van der Waals surface area contributed by atoms with Gasteiger partial charge in [0.15, 0.2) is 44.0 Å². The van der Waals surface area contributed by atoms with E-state index in [1.54, 1.807) is 0 Å². The van der Waals surface area contributed by atoms with Crippen LogP contribution in [0, 0.1) is 0 Å². The summed E-state index contributed by atoms with van der Waals surface area (Å²) in [5.41, 5.74) is 0. The van der Waals surface area contributed by atoms with Crippen molar-refractivity contribution < 1.29 is 174 Å². The Labute approximate surface area is 434 Å². The molecule has 35 nitrogen and oxygen atoms in total. The molecular weight excluding hydrogens is 1060 g/mol. The van der Waals surface area contributed by atoms with Gasteiger partial charge in [-0.2, -0.15) is 0 Å². The molecule has 21 saturated heterocycles. The molecular formula is C42H70O35. The average Bonchev–Trinajstić information content (AvgIpc) is 3.47. The van der Waals surface area contributed by atoms with Gasteiger partial charge in [0.2, 0.25) is 0 Å². The highest BCUT2D eigenvalue weighted by Gasteiger charge is 2.59. The van der Waals surface area contributed by atoms with Crippen LogP contribution < -0.4 is 0 Å². The first-order chi connectivity index (χ1) is 36.7. The van der Waals surface area contributed by atoms with Gasteiger partial charge in [-0.15, -0.1) is 0 Å². The highest BCUT2D eigenvalue weighted by atomic mass is 16.8. The smallest absolute Gasteiger partial charge is 0.187 e. The Balaban J connectivity index is 1.08. The third-order valence-electron chi connectivity index (χ3n) is 14.8. The van der Waals surface area contributed by atoms with Crippen LogP contribution in [0.1, 0.15) is 0 Å². The van der Waals surface area contributed by atoms with Crippen LogP contribution in [0.3, 0.4) is 0 Å². The molecule has 0 amide bonds. The summed E-state index contributed by atoms with van der Waals surface area (Å²) in [7, 11) is 0. The third-order valence-corrected chi connectivity index (χ3v) is 14.8. The summed E-state index contributed by atoms with van der Waals surface area (Å²) in [5, 5.41) is 230. The molecule has 0 aliphatic carbocycles. The predicted octanol–water partition coefficient (Wildman–Crippen LogP) is -15.2. The maximum atomic E-state index is 11.3. The molecule has 0 aromatic heterocycles. The molecule has 21 fully saturated rings. The van der Waals surface area contributed by atoms with Crippen molar-refractivity contribution >= 4 is 0 Å². The van der Waals surface area contributed by atoms with E-state index in [0.29, 0.717) is 0 Å². The molecule has 21 aliphatic rings. The minimum absolute atomic E-state index is 1.05. The number of rotatable bonds is 7. The first kappa shape index (κ1) is 61.7. The number of hydrogen-bond acceptors (Lipinski definition) is 35. The predicted molar refractivity (Wildman–Crippen MR) is 228 cm³/mol. The van der Waals surface area contributed by atoms with Crippen molar-refractivity contribution in [2.24, 2.45) is 0 Å². The van der Waals surface area contributed by atoms with E-state index in [2.05, 4.69) is 0 Å². The summed E-state index contributed by atoms with van der Waals surface area (Å²) in [4.78, 5) is 0. The summed E-state index contributed by atoms with van der Waals surface area (Å²) in [5.74, 6) is 0. The van der Waals surface area contributed by atoms with Crippen molar-refractivity contribution in [2.45, 2.75) is 215 Å². The zero-order valence-corrected chi connectivity index (χ0v) is 40.3. The fraction of sp³-hybridized carbons (Fsp3) is 1.00. The second-order valence-corrected chi connectivity index (χ2v) is 19.7. The molecule has 0 spiro atoms. The Morgan fingerprint density at radius 3 is 0.351 bits per heavy atom. The van der Waals surface area contributed by atoms with Crippen LogP contribution in [0.4, 0.5) is 0 Å². The van der Waals surface area contributed by atoms with E-state index in [4.69, 9.17) is 66.3 Å². The average molecular weight is 1130 g/mol. The Kier molecular flexibility index (Phi) is 20.8. The van der Waals surface area contributed by atoms with E-state index in [1.165, 1.54) is 0 Å².